The molecule has 0 radical (unpaired) electrons. The van der Waals surface area contributed by atoms with Crippen molar-refractivity contribution >= 4 is 41.3 Å². The summed E-state index contributed by atoms with van der Waals surface area (Å²) in [7, 11) is 0. The average molecular weight is 233 g/mol. The number of halogens is 2. The molecule has 0 aliphatic heterocycles. The van der Waals surface area contributed by atoms with Gasteiger partial charge in [-0.3, -0.25) is 4.98 Å². The fourth-order valence-corrected chi connectivity index (χ4v) is 1.20. The summed E-state index contributed by atoms with van der Waals surface area (Å²) in [5.41, 5.74) is 6.34. The normalized spacial score (nSPS) is 8.86. The number of phenols is 1. The Morgan fingerprint density at radius 3 is 2.43 bits per heavy atom. The highest BCUT2D eigenvalue weighted by Gasteiger charge is 2.00. The van der Waals surface area contributed by atoms with E-state index in [1.165, 1.54) is 0 Å². The number of phenolic OH excluding ortho intramolecular Hbond substituents is 1. The molecule has 2 aromatic rings. The second-order valence-electron chi connectivity index (χ2n) is 2.60. The molecule has 5 heteroatoms. The Labute approximate surface area is 93.8 Å². The molecular formula is C9H10Cl2N2O. The summed E-state index contributed by atoms with van der Waals surface area (Å²) < 4.78 is 0. The molecule has 3 nitrogen and oxygen atoms in total. The van der Waals surface area contributed by atoms with E-state index in [9.17, 15) is 5.11 Å². The van der Waals surface area contributed by atoms with Crippen LogP contribution in [0, 0.1) is 0 Å². The van der Waals surface area contributed by atoms with Gasteiger partial charge in [-0.15, -0.1) is 24.8 Å². The van der Waals surface area contributed by atoms with Crippen molar-refractivity contribution < 1.29 is 5.11 Å². The molecule has 0 amide bonds. The Morgan fingerprint density at radius 1 is 1.07 bits per heavy atom. The zero-order valence-electron chi connectivity index (χ0n) is 7.18. The zero-order chi connectivity index (χ0) is 8.55. The second-order valence-corrected chi connectivity index (χ2v) is 2.60. The predicted molar refractivity (Wildman–Crippen MR) is 62.3 cm³/mol. The van der Waals surface area contributed by atoms with E-state index >= 15 is 0 Å². The Hall–Kier alpha value is -1.19. The van der Waals surface area contributed by atoms with Gasteiger partial charge >= 0.3 is 0 Å². The molecule has 76 valence electrons. The Balaban J connectivity index is 0.000000845. The van der Waals surface area contributed by atoms with Gasteiger partial charge in [-0.05, 0) is 18.2 Å². The fourth-order valence-electron chi connectivity index (χ4n) is 1.20. The summed E-state index contributed by atoms with van der Waals surface area (Å²) in [5, 5.41) is 10.9. The van der Waals surface area contributed by atoms with Crippen LogP contribution in [0.25, 0.3) is 10.8 Å². The molecule has 0 fully saturated rings. The van der Waals surface area contributed by atoms with Gasteiger partial charge in [-0.25, -0.2) is 0 Å². The molecule has 0 aliphatic carbocycles. The Kier molecular flexibility index (Phi) is 4.47. The van der Waals surface area contributed by atoms with Crippen LogP contribution < -0.4 is 5.73 Å². The van der Waals surface area contributed by atoms with Crippen LogP contribution in [0.5, 0.6) is 5.75 Å². The Bertz CT molecular complexity index is 394. The van der Waals surface area contributed by atoms with Crippen molar-refractivity contribution in [2.75, 3.05) is 5.73 Å². The van der Waals surface area contributed by atoms with Gasteiger partial charge in [0.15, 0.2) is 0 Å². The molecule has 0 aliphatic rings. The van der Waals surface area contributed by atoms with E-state index in [-0.39, 0.29) is 30.6 Å². The first-order chi connectivity index (χ1) is 5.79. The lowest BCUT2D eigenvalue weighted by Crippen LogP contribution is -1.86. The number of nitrogens with zero attached hydrogens (tertiary/aromatic N) is 1. The minimum Gasteiger partial charge on any atom is -0.507 e. The maximum absolute atomic E-state index is 9.40. The van der Waals surface area contributed by atoms with Gasteiger partial charge in [-0.2, -0.15) is 0 Å². The SMILES string of the molecule is Cl.Cl.Nc1ccc(O)c2cnccc12. The van der Waals surface area contributed by atoms with Crippen LogP contribution in [0.2, 0.25) is 0 Å². The fraction of sp³-hybridized carbons (Fsp3) is 0. The van der Waals surface area contributed by atoms with Crippen molar-refractivity contribution in [1.82, 2.24) is 4.98 Å². The standard InChI is InChI=1S/C9H8N2O.2ClH/c10-8-1-2-9(12)7-5-11-4-3-6(7)8;;/h1-5,12H,10H2;2*1H. The minimum atomic E-state index is 0. The highest BCUT2D eigenvalue weighted by atomic mass is 35.5. The van der Waals surface area contributed by atoms with E-state index in [4.69, 9.17) is 5.73 Å². The summed E-state index contributed by atoms with van der Waals surface area (Å²) >= 11 is 0. The van der Waals surface area contributed by atoms with Crippen molar-refractivity contribution in [1.29, 1.82) is 0 Å². The number of rotatable bonds is 0. The van der Waals surface area contributed by atoms with Gasteiger partial charge in [0, 0.05) is 28.9 Å². The quantitative estimate of drug-likeness (QED) is 0.542. The Morgan fingerprint density at radius 2 is 1.79 bits per heavy atom. The number of pyridine rings is 1. The summed E-state index contributed by atoms with van der Waals surface area (Å²) in [6.07, 6.45) is 3.25. The van der Waals surface area contributed by atoms with Crippen LogP contribution in [0.3, 0.4) is 0 Å². The molecule has 0 bridgehead atoms. The minimum absolute atomic E-state index is 0. The van der Waals surface area contributed by atoms with Gasteiger partial charge in [0.2, 0.25) is 0 Å². The third-order valence-corrected chi connectivity index (χ3v) is 1.83. The number of anilines is 1. The van der Waals surface area contributed by atoms with Gasteiger partial charge in [-0.1, -0.05) is 0 Å². The van der Waals surface area contributed by atoms with E-state index in [0.29, 0.717) is 11.1 Å². The summed E-state index contributed by atoms with van der Waals surface area (Å²) in [6.45, 7) is 0. The average Bonchev–Trinajstić information content (AvgIpc) is 2.12. The third kappa shape index (κ3) is 2.00. The van der Waals surface area contributed by atoms with Crippen LogP contribution >= 0.6 is 24.8 Å². The van der Waals surface area contributed by atoms with Crippen molar-refractivity contribution in [3.05, 3.63) is 30.6 Å². The van der Waals surface area contributed by atoms with Gasteiger partial charge in [0.05, 0.1) is 0 Å². The number of nitrogen functional groups attached to an aromatic ring is 1. The maximum Gasteiger partial charge on any atom is 0.125 e. The lowest BCUT2D eigenvalue weighted by atomic mass is 10.1. The molecule has 3 N–H and O–H groups in total. The number of hydrogen-bond acceptors (Lipinski definition) is 3. The molecule has 2 rings (SSSR count). The lowest BCUT2D eigenvalue weighted by Gasteiger charge is -2.01. The number of aromatic hydroxyl groups is 1. The zero-order valence-corrected chi connectivity index (χ0v) is 8.81. The summed E-state index contributed by atoms with van der Waals surface area (Å²) in [4.78, 5) is 3.90. The summed E-state index contributed by atoms with van der Waals surface area (Å²) in [6, 6.07) is 5.03. The van der Waals surface area contributed by atoms with E-state index in [0.717, 1.165) is 5.39 Å². The first-order valence-corrected chi connectivity index (χ1v) is 3.60. The van der Waals surface area contributed by atoms with E-state index < -0.39 is 0 Å². The number of nitrogens with two attached hydrogens (primary N) is 1. The molecule has 0 unspecified atom stereocenters. The predicted octanol–water partition coefficient (Wildman–Crippen LogP) is 2.37. The van der Waals surface area contributed by atoms with Crippen molar-refractivity contribution in [3.63, 3.8) is 0 Å². The van der Waals surface area contributed by atoms with Crippen LogP contribution in [-0.4, -0.2) is 10.1 Å². The highest BCUT2D eigenvalue weighted by Crippen LogP contribution is 2.27. The molecule has 1 aromatic heterocycles. The van der Waals surface area contributed by atoms with Crippen LogP contribution in [0.1, 0.15) is 0 Å². The molecule has 0 saturated carbocycles. The molecular weight excluding hydrogens is 223 g/mol. The number of fused-ring (bicyclic) bond motifs is 1. The molecule has 0 spiro atoms. The number of hydrogen-bond donors (Lipinski definition) is 2. The number of aromatic nitrogens is 1. The van der Waals surface area contributed by atoms with E-state index in [2.05, 4.69) is 4.98 Å². The van der Waals surface area contributed by atoms with Gasteiger partial charge < -0.3 is 10.8 Å². The van der Waals surface area contributed by atoms with Crippen molar-refractivity contribution in [3.8, 4) is 5.75 Å². The van der Waals surface area contributed by atoms with Crippen molar-refractivity contribution in [2.24, 2.45) is 0 Å². The third-order valence-electron chi connectivity index (χ3n) is 1.83. The first-order valence-electron chi connectivity index (χ1n) is 3.60. The second kappa shape index (κ2) is 4.88. The monoisotopic (exact) mass is 232 g/mol. The topological polar surface area (TPSA) is 59.1 Å². The molecule has 1 heterocycles. The van der Waals surface area contributed by atoms with E-state index in [1.54, 1.807) is 30.6 Å². The molecule has 0 atom stereocenters. The molecule has 14 heavy (non-hydrogen) atoms. The maximum atomic E-state index is 9.40. The van der Waals surface area contributed by atoms with Crippen LogP contribution in [0.4, 0.5) is 5.69 Å². The van der Waals surface area contributed by atoms with Crippen molar-refractivity contribution in [2.45, 2.75) is 0 Å². The number of benzene rings is 1. The van der Waals surface area contributed by atoms with Gasteiger partial charge in [0.1, 0.15) is 5.75 Å². The van der Waals surface area contributed by atoms with E-state index in [1.807, 2.05) is 0 Å². The van der Waals surface area contributed by atoms with Crippen LogP contribution in [0.15, 0.2) is 30.6 Å². The first kappa shape index (κ1) is 12.8. The van der Waals surface area contributed by atoms with Gasteiger partial charge in [0.25, 0.3) is 0 Å². The largest absolute Gasteiger partial charge is 0.507 e. The molecule has 1 aromatic carbocycles. The lowest BCUT2D eigenvalue weighted by molar-refractivity contribution is 0.481. The summed E-state index contributed by atoms with van der Waals surface area (Å²) in [5.74, 6) is 0.215. The smallest absolute Gasteiger partial charge is 0.125 e. The highest BCUT2D eigenvalue weighted by molar-refractivity contribution is 5.96. The molecule has 0 saturated heterocycles. The van der Waals surface area contributed by atoms with Crippen LogP contribution in [-0.2, 0) is 0 Å².